The minimum absolute atomic E-state index is 0.0997. The molecule has 1 aromatic rings. The SMILES string of the molecule is Fc1ccc(OCCNC2CC2)cc1Cl. The second-order valence-corrected chi connectivity index (χ2v) is 4.06. The van der Waals surface area contributed by atoms with Gasteiger partial charge in [-0.1, -0.05) is 11.6 Å². The molecule has 1 fully saturated rings. The first-order valence-corrected chi connectivity index (χ1v) is 5.45. The summed E-state index contributed by atoms with van der Waals surface area (Å²) in [5, 5.41) is 3.42. The van der Waals surface area contributed by atoms with Crippen LogP contribution >= 0.6 is 11.6 Å². The minimum Gasteiger partial charge on any atom is -0.492 e. The molecule has 0 saturated heterocycles. The van der Waals surface area contributed by atoms with Crippen LogP contribution in [0.4, 0.5) is 4.39 Å². The van der Waals surface area contributed by atoms with Gasteiger partial charge < -0.3 is 10.1 Å². The predicted octanol–water partition coefficient (Wildman–Crippen LogP) is 2.61. The van der Waals surface area contributed by atoms with Gasteiger partial charge in [-0.25, -0.2) is 4.39 Å². The molecule has 1 aliphatic rings. The Morgan fingerprint density at radius 2 is 2.27 bits per heavy atom. The Labute approximate surface area is 93.4 Å². The molecule has 4 heteroatoms. The van der Waals surface area contributed by atoms with Gasteiger partial charge in [-0.3, -0.25) is 0 Å². The third-order valence-corrected chi connectivity index (χ3v) is 2.56. The zero-order valence-electron chi connectivity index (χ0n) is 8.30. The molecule has 15 heavy (non-hydrogen) atoms. The third-order valence-electron chi connectivity index (χ3n) is 2.27. The molecule has 2 nitrogen and oxygen atoms in total. The predicted molar refractivity (Wildman–Crippen MR) is 57.9 cm³/mol. The van der Waals surface area contributed by atoms with E-state index in [0.29, 0.717) is 18.4 Å². The van der Waals surface area contributed by atoms with Crippen LogP contribution in [-0.2, 0) is 0 Å². The van der Waals surface area contributed by atoms with E-state index in [-0.39, 0.29) is 5.02 Å². The number of rotatable bonds is 5. The Hall–Kier alpha value is -0.800. The van der Waals surface area contributed by atoms with Crippen molar-refractivity contribution in [1.29, 1.82) is 0 Å². The van der Waals surface area contributed by atoms with Crippen LogP contribution in [0.2, 0.25) is 5.02 Å². The molecule has 0 heterocycles. The summed E-state index contributed by atoms with van der Waals surface area (Å²) in [5.74, 6) is 0.194. The fourth-order valence-electron chi connectivity index (χ4n) is 1.29. The number of halogens is 2. The molecule has 1 N–H and O–H groups in total. The van der Waals surface area contributed by atoms with Crippen molar-refractivity contribution in [2.75, 3.05) is 13.2 Å². The molecular weight excluding hydrogens is 217 g/mol. The second kappa shape index (κ2) is 4.81. The van der Waals surface area contributed by atoms with Crippen molar-refractivity contribution in [3.8, 4) is 5.75 Å². The fraction of sp³-hybridized carbons (Fsp3) is 0.455. The van der Waals surface area contributed by atoms with Crippen molar-refractivity contribution in [1.82, 2.24) is 5.32 Å². The average molecular weight is 230 g/mol. The standard InChI is InChI=1S/C11H13ClFNO/c12-10-7-9(3-4-11(10)13)15-6-5-14-8-1-2-8/h3-4,7-8,14H,1-2,5-6H2. The summed E-state index contributed by atoms with van der Waals surface area (Å²) in [6.07, 6.45) is 2.53. The van der Waals surface area contributed by atoms with Crippen LogP contribution in [0.25, 0.3) is 0 Å². The Kier molecular flexibility index (Phi) is 3.44. The molecule has 0 aliphatic heterocycles. The molecule has 82 valence electrons. The van der Waals surface area contributed by atoms with E-state index in [2.05, 4.69) is 5.32 Å². The lowest BCUT2D eigenvalue weighted by Gasteiger charge is -2.07. The topological polar surface area (TPSA) is 21.3 Å². The number of ether oxygens (including phenoxy) is 1. The van der Waals surface area contributed by atoms with Crippen molar-refractivity contribution in [2.24, 2.45) is 0 Å². The van der Waals surface area contributed by atoms with Crippen LogP contribution in [0.1, 0.15) is 12.8 Å². The van der Waals surface area contributed by atoms with E-state index in [1.165, 1.54) is 25.0 Å². The van der Waals surface area contributed by atoms with Gasteiger partial charge >= 0.3 is 0 Å². The number of nitrogens with one attached hydrogen (secondary N) is 1. The van der Waals surface area contributed by atoms with Crippen molar-refractivity contribution >= 4 is 11.6 Å². The van der Waals surface area contributed by atoms with Crippen molar-refractivity contribution in [3.05, 3.63) is 29.0 Å². The van der Waals surface area contributed by atoms with Gasteiger partial charge in [0, 0.05) is 18.7 Å². The molecule has 2 rings (SSSR count). The van der Waals surface area contributed by atoms with E-state index < -0.39 is 5.82 Å². The Bertz CT molecular complexity index is 341. The van der Waals surface area contributed by atoms with Gasteiger partial charge in [0.15, 0.2) is 0 Å². The van der Waals surface area contributed by atoms with E-state index in [1.807, 2.05) is 0 Å². The Balaban J connectivity index is 1.74. The summed E-state index contributed by atoms with van der Waals surface area (Å²) in [5.41, 5.74) is 0. The zero-order valence-corrected chi connectivity index (χ0v) is 9.06. The summed E-state index contributed by atoms with van der Waals surface area (Å²) >= 11 is 5.62. The van der Waals surface area contributed by atoms with Crippen LogP contribution in [-0.4, -0.2) is 19.2 Å². The largest absolute Gasteiger partial charge is 0.492 e. The summed E-state index contributed by atoms with van der Waals surface area (Å²) < 4.78 is 18.2. The van der Waals surface area contributed by atoms with Gasteiger partial charge in [0.2, 0.25) is 0 Å². The van der Waals surface area contributed by atoms with Gasteiger partial charge in [-0.2, -0.15) is 0 Å². The Morgan fingerprint density at radius 1 is 1.47 bits per heavy atom. The summed E-state index contributed by atoms with van der Waals surface area (Å²) in [6, 6.07) is 5.07. The van der Waals surface area contributed by atoms with Crippen molar-refractivity contribution in [3.63, 3.8) is 0 Å². The molecule has 0 unspecified atom stereocenters. The summed E-state index contributed by atoms with van der Waals surface area (Å²) in [4.78, 5) is 0. The molecule has 0 radical (unpaired) electrons. The molecule has 0 atom stereocenters. The molecule has 1 aliphatic carbocycles. The molecule has 0 aromatic heterocycles. The normalized spacial score (nSPS) is 15.3. The smallest absolute Gasteiger partial charge is 0.142 e. The van der Waals surface area contributed by atoms with Crippen LogP contribution < -0.4 is 10.1 Å². The highest BCUT2D eigenvalue weighted by Gasteiger charge is 2.19. The molecule has 0 spiro atoms. The maximum atomic E-state index is 12.8. The number of benzene rings is 1. The van der Waals surface area contributed by atoms with Gasteiger partial charge in [-0.05, 0) is 25.0 Å². The number of hydrogen-bond acceptors (Lipinski definition) is 2. The van der Waals surface area contributed by atoms with E-state index in [9.17, 15) is 4.39 Å². The molecule has 0 amide bonds. The quantitative estimate of drug-likeness (QED) is 0.784. The zero-order chi connectivity index (χ0) is 10.7. The van der Waals surface area contributed by atoms with E-state index in [0.717, 1.165) is 6.54 Å². The summed E-state index contributed by atoms with van der Waals surface area (Å²) in [7, 11) is 0. The van der Waals surface area contributed by atoms with Crippen molar-refractivity contribution in [2.45, 2.75) is 18.9 Å². The van der Waals surface area contributed by atoms with Gasteiger partial charge in [-0.15, -0.1) is 0 Å². The highest BCUT2D eigenvalue weighted by atomic mass is 35.5. The highest BCUT2D eigenvalue weighted by Crippen LogP contribution is 2.21. The lowest BCUT2D eigenvalue weighted by atomic mass is 10.3. The van der Waals surface area contributed by atoms with Gasteiger partial charge in [0.1, 0.15) is 18.2 Å². The Morgan fingerprint density at radius 3 is 2.93 bits per heavy atom. The van der Waals surface area contributed by atoms with Crippen LogP contribution in [0.3, 0.4) is 0 Å². The van der Waals surface area contributed by atoms with Gasteiger partial charge in [0.05, 0.1) is 5.02 Å². The van der Waals surface area contributed by atoms with Crippen LogP contribution in [0, 0.1) is 5.82 Å². The lowest BCUT2D eigenvalue weighted by molar-refractivity contribution is 0.313. The minimum atomic E-state index is -0.417. The fourth-order valence-corrected chi connectivity index (χ4v) is 1.46. The number of hydrogen-bond donors (Lipinski definition) is 1. The van der Waals surface area contributed by atoms with E-state index >= 15 is 0 Å². The maximum Gasteiger partial charge on any atom is 0.142 e. The lowest BCUT2D eigenvalue weighted by Crippen LogP contribution is -2.22. The highest BCUT2D eigenvalue weighted by molar-refractivity contribution is 6.30. The average Bonchev–Trinajstić information content (AvgIpc) is 3.02. The second-order valence-electron chi connectivity index (χ2n) is 3.65. The molecular formula is C11H13ClFNO. The third kappa shape index (κ3) is 3.36. The van der Waals surface area contributed by atoms with E-state index in [4.69, 9.17) is 16.3 Å². The molecule has 0 bridgehead atoms. The first-order chi connectivity index (χ1) is 7.25. The first-order valence-electron chi connectivity index (χ1n) is 5.07. The van der Waals surface area contributed by atoms with E-state index in [1.54, 1.807) is 6.07 Å². The van der Waals surface area contributed by atoms with Crippen LogP contribution in [0.15, 0.2) is 18.2 Å². The molecule has 1 saturated carbocycles. The van der Waals surface area contributed by atoms with Crippen LogP contribution in [0.5, 0.6) is 5.75 Å². The maximum absolute atomic E-state index is 12.8. The van der Waals surface area contributed by atoms with Gasteiger partial charge in [0.25, 0.3) is 0 Å². The first kappa shape index (κ1) is 10.7. The van der Waals surface area contributed by atoms with Crippen molar-refractivity contribution < 1.29 is 9.13 Å². The molecule has 1 aromatic carbocycles. The monoisotopic (exact) mass is 229 g/mol. The summed E-state index contributed by atoms with van der Waals surface area (Å²) in [6.45, 7) is 1.40.